The average Bonchev–Trinajstić information content (AvgIpc) is 4.14. The standard InChI is InChI=1S/C45H54N6O10S/c1-60-32-14-17-35-37(21-32)47-36(29-10-7-5-8-11-29)23-39(35)61-33-22-38-41(53)48-45(43(55)49-62(58,59)34-15-16-34)24-31(45)13-9-4-2-3-6-12-30(42(54)51(38)27-33)20-40(52)50-19-18-28(26-50)25-46-44(56)57/h5,7-11,13-14,17,21,23,28,30-31,33-34,38,46H,2-4,6,12,15-16,18-20,22,24-27H2,1H3,(H,48,53)(H,49,55)(H,56,57)/b13-9-/t28-,30+,31?,33+,38-,45+/m0/s1. The zero-order valence-electron chi connectivity index (χ0n) is 34.8. The van der Waals surface area contributed by atoms with Crippen molar-refractivity contribution in [2.45, 2.75) is 93.6 Å². The summed E-state index contributed by atoms with van der Waals surface area (Å²) in [6.45, 7) is 1.05. The van der Waals surface area contributed by atoms with Gasteiger partial charge in [0, 0.05) is 67.4 Å². The second-order valence-electron chi connectivity index (χ2n) is 17.3. The monoisotopic (exact) mass is 870 g/mol. The molecule has 2 saturated heterocycles. The number of aromatic nitrogens is 1. The molecular weight excluding hydrogens is 817 g/mol. The molecule has 16 nitrogen and oxygen atoms in total. The van der Waals surface area contributed by atoms with Crippen LogP contribution in [0, 0.1) is 17.8 Å². The minimum absolute atomic E-state index is 0.00743. The Hall–Kier alpha value is -5.71. The Morgan fingerprint density at radius 1 is 1.00 bits per heavy atom. The number of benzene rings is 2. The second kappa shape index (κ2) is 17.9. The van der Waals surface area contributed by atoms with E-state index in [1.54, 1.807) is 18.1 Å². The van der Waals surface area contributed by atoms with Crippen LogP contribution >= 0.6 is 0 Å². The van der Waals surface area contributed by atoms with Gasteiger partial charge in [0.05, 0.1) is 30.1 Å². The summed E-state index contributed by atoms with van der Waals surface area (Å²) in [5.41, 5.74) is 0.592. The van der Waals surface area contributed by atoms with Crippen LogP contribution in [0.2, 0.25) is 0 Å². The second-order valence-corrected chi connectivity index (χ2v) is 19.3. The first-order valence-corrected chi connectivity index (χ1v) is 23.2. The lowest BCUT2D eigenvalue weighted by molar-refractivity contribution is -0.145. The van der Waals surface area contributed by atoms with E-state index >= 15 is 0 Å². The molecule has 17 heteroatoms. The molecule has 0 bridgehead atoms. The number of nitrogens with zero attached hydrogens (tertiary/aromatic N) is 3. The van der Waals surface area contributed by atoms with Gasteiger partial charge in [-0.05, 0) is 63.0 Å². The van der Waals surface area contributed by atoms with E-state index in [9.17, 15) is 32.4 Å². The molecular formula is C45H54N6O10S. The number of rotatable bonds is 11. The maximum Gasteiger partial charge on any atom is 0.404 e. The first-order valence-electron chi connectivity index (χ1n) is 21.6. The highest BCUT2D eigenvalue weighted by Crippen LogP contribution is 2.46. The van der Waals surface area contributed by atoms with E-state index < -0.39 is 62.7 Å². The van der Waals surface area contributed by atoms with E-state index in [-0.39, 0.29) is 50.1 Å². The van der Waals surface area contributed by atoms with Gasteiger partial charge >= 0.3 is 6.09 Å². The molecule has 2 aromatic carbocycles. The Morgan fingerprint density at radius 2 is 1.81 bits per heavy atom. The van der Waals surface area contributed by atoms with E-state index in [0.29, 0.717) is 79.7 Å². The number of allylic oxidation sites excluding steroid dienone is 1. The Morgan fingerprint density at radius 3 is 2.56 bits per heavy atom. The Kier molecular flexibility index (Phi) is 12.4. The third kappa shape index (κ3) is 9.52. The zero-order chi connectivity index (χ0) is 43.6. The summed E-state index contributed by atoms with van der Waals surface area (Å²) in [5.74, 6) is -2.15. The van der Waals surface area contributed by atoms with Gasteiger partial charge < -0.3 is 35.0 Å². The quantitative estimate of drug-likeness (QED) is 0.199. The van der Waals surface area contributed by atoms with Crippen LogP contribution in [0.4, 0.5) is 4.79 Å². The minimum Gasteiger partial charge on any atom is -0.497 e. The SMILES string of the molecule is COc1ccc2c(O[C@@H]3C[C@H]4C(=O)N[C@]5(C(=O)NS(=O)(=O)C6CC6)CC5/C=C\CCCCC[C@H](CC(=O)N5CC[C@@H](CNC(=O)O)C5)C(=O)N4C3)cc(-c3ccccc3)nc2c1. The van der Waals surface area contributed by atoms with Crippen LogP contribution in [0.25, 0.3) is 22.2 Å². The number of pyridine rings is 1. The topological polar surface area (TPSA) is 214 Å². The van der Waals surface area contributed by atoms with Crippen molar-refractivity contribution < 1.29 is 47.0 Å². The molecule has 330 valence electrons. The molecule has 5 amide bonds. The summed E-state index contributed by atoms with van der Waals surface area (Å²) in [4.78, 5) is 76.6. The van der Waals surface area contributed by atoms with E-state index in [2.05, 4.69) is 15.4 Å². The fourth-order valence-electron chi connectivity index (χ4n) is 9.11. The smallest absolute Gasteiger partial charge is 0.404 e. The summed E-state index contributed by atoms with van der Waals surface area (Å²) in [7, 11) is -2.35. The number of amides is 5. The Labute approximate surface area is 360 Å². The lowest BCUT2D eigenvalue weighted by atomic mass is 9.94. The van der Waals surface area contributed by atoms with Gasteiger partial charge in [0.25, 0.3) is 5.91 Å². The van der Waals surface area contributed by atoms with Gasteiger partial charge in [-0.1, -0.05) is 55.3 Å². The first kappa shape index (κ1) is 43.0. The molecule has 0 radical (unpaired) electrons. The molecule has 4 heterocycles. The van der Waals surface area contributed by atoms with Gasteiger partial charge in [-0.3, -0.25) is 23.9 Å². The van der Waals surface area contributed by atoms with Crippen molar-refractivity contribution in [3.8, 4) is 22.8 Å². The van der Waals surface area contributed by atoms with Gasteiger partial charge in [-0.2, -0.15) is 0 Å². The molecule has 5 aliphatic rings. The minimum atomic E-state index is -3.92. The van der Waals surface area contributed by atoms with E-state index in [4.69, 9.17) is 19.6 Å². The maximum atomic E-state index is 14.9. The lowest BCUT2D eigenvalue weighted by Crippen LogP contribution is -2.57. The fraction of sp³-hybridized carbons (Fsp3) is 0.511. The molecule has 4 fully saturated rings. The highest BCUT2D eigenvalue weighted by molar-refractivity contribution is 7.91. The van der Waals surface area contributed by atoms with Crippen LogP contribution in [0.15, 0.2) is 66.7 Å². The van der Waals surface area contributed by atoms with Crippen molar-refractivity contribution in [3.05, 3.63) is 66.7 Å². The number of fused-ring (bicyclic) bond motifs is 3. The van der Waals surface area contributed by atoms with Crippen molar-refractivity contribution in [2.75, 3.05) is 33.3 Å². The van der Waals surface area contributed by atoms with Crippen LogP contribution in [-0.4, -0.2) is 114 Å². The third-order valence-corrected chi connectivity index (χ3v) is 14.7. The predicted octanol–water partition coefficient (Wildman–Crippen LogP) is 4.38. The summed E-state index contributed by atoms with van der Waals surface area (Å²) in [6.07, 6.45) is 7.07. The summed E-state index contributed by atoms with van der Waals surface area (Å²) < 4.78 is 40.5. The largest absolute Gasteiger partial charge is 0.497 e. The van der Waals surface area contributed by atoms with Gasteiger partial charge in [0.1, 0.15) is 29.2 Å². The molecule has 2 saturated carbocycles. The number of hydrogen-bond acceptors (Lipinski definition) is 10. The third-order valence-electron chi connectivity index (χ3n) is 12.9. The highest BCUT2D eigenvalue weighted by atomic mass is 32.2. The number of ether oxygens (including phenoxy) is 2. The van der Waals surface area contributed by atoms with Crippen molar-refractivity contribution in [2.24, 2.45) is 17.8 Å². The van der Waals surface area contributed by atoms with Gasteiger partial charge in [0.15, 0.2) is 0 Å². The predicted molar refractivity (Wildman–Crippen MR) is 228 cm³/mol. The van der Waals surface area contributed by atoms with Crippen LogP contribution in [0.3, 0.4) is 0 Å². The number of sulfonamides is 1. The molecule has 62 heavy (non-hydrogen) atoms. The molecule has 1 aromatic heterocycles. The summed E-state index contributed by atoms with van der Waals surface area (Å²) in [6, 6.07) is 15.8. The van der Waals surface area contributed by atoms with Gasteiger partial charge in [0.2, 0.25) is 27.7 Å². The first-order chi connectivity index (χ1) is 29.8. The normalized spacial score (nSPS) is 27.2. The van der Waals surface area contributed by atoms with Crippen molar-refractivity contribution in [3.63, 3.8) is 0 Å². The number of carbonyl (C=O) groups is 5. The number of carboxylic acid groups (broad SMARTS) is 1. The molecule has 0 spiro atoms. The van der Waals surface area contributed by atoms with Crippen LogP contribution in [-0.2, 0) is 29.2 Å². The maximum absolute atomic E-state index is 14.9. The number of nitrogens with one attached hydrogen (secondary N) is 3. The van der Waals surface area contributed by atoms with Crippen molar-refractivity contribution in [1.82, 2.24) is 30.1 Å². The molecule has 3 aliphatic heterocycles. The summed E-state index contributed by atoms with van der Waals surface area (Å²) in [5, 5.41) is 14.5. The van der Waals surface area contributed by atoms with Gasteiger partial charge in [-0.25, -0.2) is 18.2 Å². The zero-order valence-corrected chi connectivity index (χ0v) is 35.6. The Bertz CT molecular complexity index is 2360. The summed E-state index contributed by atoms with van der Waals surface area (Å²) >= 11 is 0. The number of methoxy groups -OCH3 is 1. The molecule has 4 N–H and O–H groups in total. The molecule has 8 rings (SSSR count). The van der Waals surface area contributed by atoms with Gasteiger partial charge in [-0.15, -0.1) is 0 Å². The van der Waals surface area contributed by atoms with E-state index in [0.717, 1.165) is 18.4 Å². The van der Waals surface area contributed by atoms with E-state index in [1.807, 2.05) is 60.7 Å². The van der Waals surface area contributed by atoms with Crippen molar-refractivity contribution >= 4 is 50.6 Å². The van der Waals surface area contributed by atoms with Crippen LogP contribution < -0.4 is 24.8 Å². The average molecular weight is 871 g/mol. The number of likely N-dealkylation sites (tertiary alicyclic amines) is 1. The fourth-order valence-corrected chi connectivity index (χ4v) is 10.5. The van der Waals surface area contributed by atoms with E-state index in [1.165, 1.54) is 4.90 Å². The molecule has 1 unspecified atom stereocenters. The molecule has 2 aliphatic carbocycles. The molecule has 6 atom stereocenters. The number of hydrogen-bond donors (Lipinski definition) is 4. The van der Waals surface area contributed by atoms with Crippen LogP contribution in [0.5, 0.6) is 11.5 Å². The molecule has 3 aromatic rings. The van der Waals surface area contributed by atoms with Crippen LogP contribution in [0.1, 0.15) is 70.6 Å². The highest BCUT2D eigenvalue weighted by Gasteiger charge is 2.62. The van der Waals surface area contributed by atoms with Crippen molar-refractivity contribution in [1.29, 1.82) is 0 Å². The number of carbonyl (C=O) groups excluding carboxylic acids is 4. The lowest BCUT2D eigenvalue weighted by Gasteiger charge is -2.30. The Balaban J connectivity index is 1.10.